The Kier molecular flexibility index (Phi) is 4.87. The van der Waals surface area contributed by atoms with Gasteiger partial charge in [0.05, 0.1) is 39.0 Å². The van der Waals surface area contributed by atoms with Gasteiger partial charge in [-0.3, -0.25) is 9.69 Å². The Morgan fingerprint density at radius 1 is 1.17 bits per heavy atom. The summed E-state index contributed by atoms with van der Waals surface area (Å²) in [6.45, 7) is 7.37. The van der Waals surface area contributed by atoms with Crippen molar-refractivity contribution in [3.05, 3.63) is 24.2 Å². The molecule has 0 radical (unpaired) electrons. The lowest BCUT2D eigenvalue weighted by atomic mass is 9.81. The van der Waals surface area contributed by atoms with Crippen molar-refractivity contribution in [1.29, 1.82) is 0 Å². The number of morpholine rings is 1. The van der Waals surface area contributed by atoms with E-state index in [1.165, 1.54) is 5.56 Å². The van der Waals surface area contributed by atoms with Crippen LogP contribution in [0.4, 0.5) is 0 Å². The SMILES string of the molecule is O=C(C[C@@H]1COC[C@H]2CN(Cc3ccoc3)C[C@@H]12)N1CCOCC1. The highest BCUT2D eigenvalue weighted by Crippen LogP contribution is 2.36. The summed E-state index contributed by atoms with van der Waals surface area (Å²) in [6, 6.07) is 2.03. The van der Waals surface area contributed by atoms with Crippen LogP contribution < -0.4 is 0 Å². The van der Waals surface area contributed by atoms with E-state index < -0.39 is 0 Å². The fraction of sp³-hybridized carbons (Fsp3) is 0.722. The lowest BCUT2D eigenvalue weighted by Gasteiger charge is -2.35. The molecule has 0 spiro atoms. The van der Waals surface area contributed by atoms with E-state index in [9.17, 15) is 4.79 Å². The van der Waals surface area contributed by atoms with Crippen LogP contribution >= 0.6 is 0 Å². The fourth-order valence-electron chi connectivity index (χ4n) is 4.34. The number of hydrogen-bond donors (Lipinski definition) is 0. The van der Waals surface area contributed by atoms with Crippen LogP contribution in [-0.4, -0.2) is 68.3 Å². The fourth-order valence-corrected chi connectivity index (χ4v) is 4.34. The van der Waals surface area contributed by atoms with Gasteiger partial charge in [-0.25, -0.2) is 0 Å². The molecule has 6 nitrogen and oxygen atoms in total. The van der Waals surface area contributed by atoms with E-state index in [1.54, 1.807) is 6.26 Å². The summed E-state index contributed by atoms with van der Waals surface area (Å²) in [6.07, 6.45) is 4.16. The molecule has 0 bridgehead atoms. The van der Waals surface area contributed by atoms with Gasteiger partial charge in [0.2, 0.25) is 5.91 Å². The highest BCUT2D eigenvalue weighted by Gasteiger charge is 2.42. The molecule has 6 heteroatoms. The summed E-state index contributed by atoms with van der Waals surface area (Å²) in [4.78, 5) is 17.0. The highest BCUT2D eigenvalue weighted by atomic mass is 16.5. The highest BCUT2D eigenvalue weighted by molar-refractivity contribution is 5.76. The van der Waals surface area contributed by atoms with Gasteiger partial charge in [0.15, 0.2) is 0 Å². The first-order chi connectivity index (χ1) is 11.8. The van der Waals surface area contributed by atoms with Gasteiger partial charge in [-0.15, -0.1) is 0 Å². The molecule has 0 unspecified atom stereocenters. The molecule has 0 saturated carbocycles. The lowest BCUT2D eigenvalue weighted by molar-refractivity contribution is -0.138. The Balaban J connectivity index is 1.35. The number of amides is 1. The zero-order valence-electron chi connectivity index (χ0n) is 14.1. The first kappa shape index (κ1) is 16.1. The van der Waals surface area contributed by atoms with Gasteiger partial charge in [-0.1, -0.05) is 0 Å². The maximum atomic E-state index is 12.6. The predicted octanol–water partition coefficient (Wildman–Crippen LogP) is 1.22. The van der Waals surface area contributed by atoms with Crippen LogP contribution in [0, 0.1) is 17.8 Å². The summed E-state index contributed by atoms with van der Waals surface area (Å²) >= 11 is 0. The molecule has 0 aromatic carbocycles. The number of hydrogen-bond acceptors (Lipinski definition) is 5. The van der Waals surface area contributed by atoms with Crippen molar-refractivity contribution in [2.75, 3.05) is 52.6 Å². The number of furan rings is 1. The molecule has 0 N–H and O–H groups in total. The second-order valence-corrected chi connectivity index (χ2v) is 7.24. The van der Waals surface area contributed by atoms with Gasteiger partial charge in [-0.2, -0.15) is 0 Å². The van der Waals surface area contributed by atoms with Crippen molar-refractivity contribution < 1.29 is 18.7 Å². The Hall–Kier alpha value is -1.37. The minimum absolute atomic E-state index is 0.265. The molecule has 3 aliphatic rings. The smallest absolute Gasteiger partial charge is 0.223 e. The van der Waals surface area contributed by atoms with Crippen LogP contribution in [0.1, 0.15) is 12.0 Å². The average molecular weight is 334 g/mol. The number of fused-ring (bicyclic) bond motifs is 1. The standard InChI is InChI=1S/C18H26N2O4/c21-18(20-2-5-22-6-3-20)7-15-12-24-13-16-9-19(10-17(15)16)8-14-1-4-23-11-14/h1,4,11,15-17H,2-3,5-10,12-13H2/t15-,16-,17+/m1/s1. The number of likely N-dealkylation sites (tertiary alicyclic amines) is 1. The zero-order chi connectivity index (χ0) is 16.4. The zero-order valence-corrected chi connectivity index (χ0v) is 14.1. The molecule has 3 atom stereocenters. The second-order valence-electron chi connectivity index (χ2n) is 7.24. The van der Waals surface area contributed by atoms with Crippen LogP contribution in [-0.2, 0) is 20.8 Å². The molecule has 132 valence electrons. The Bertz CT molecular complexity index is 541. The van der Waals surface area contributed by atoms with Gasteiger partial charge in [0.1, 0.15) is 0 Å². The van der Waals surface area contributed by atoms with Gasteiger partial charge >= 0.3 is 0 Å². The van der Waals surface area contributed by atoms with Gasteiger partial charge in [-0.05, 0) is 23.8 Å². The van der Waals surface area contributed by atoms with E-state index in [-0.39, 0.29) is 5.91 Å². The van der Waals surface area contributed by atoms with Crippen molar-refractivity contribution >= 4 is 5.91 Å². The first-order valence-electron chi connectivity index (χ1n) is 8.96. The third kappa shape index (κ3) is 3.50. The van der Waals surface area contributed by atoms with Crippen molar-refractivity contribution in [3.63, 3.8) is 0 Å². The third-order valence-corrected chi connectivity index (χ3v) is 5.62. The molecule has 3 fully saturated rings. The molecular weight excluding hydrogens is 308 g/mol. The second kappa shape index (κ2) is 7.25. The Morgan fingerprint density at radius 2 is 2.04 bits per heavy atom. The van der Waals surface area contributed by atoms with E-state index in [0.29, 0.717) is 37.4 Å². The van der Waals surface area contributed by atoms with E-state index in [1.807, 2.05) is 17.2 Å². The molecular formula is C18H26N2O4. The summed E-state index contributed by atoms with van der Waals surface area (Å²) < 4.78 is 16.3. The molecule has 1 amide bonds. The number of carbonyl (C=O) groups is 1. The van der Waals surface area contributed by atoms with Crippen molar-refractivity contribution in [2.24, 2.45) is 17.8 Å². The van der Waals surface area contributed by atoms with Crippen molar-refractivity contribution in [2.45, 2.75) is 13.0 Å². The normalized spacial score (nSPS) is 31.2. The minimum atomic E-state index is 0.265. The maximum absolute atomic E-state index is 12.6. The molecule has 4 rings (SSSR count). The summed E-state index contributed by atoms with van der Waals surface area (Å²) in [7, 11) is 0. The van der Waals surface area contributed by atoms with Crippen molar-refractivity contribution in [1.82, 2.24) is 9.80 Å². The average Bonchev–Trinajstić information content (AvgIpc) is 3.26. The number of nitrogens with zero attached hydrogens (tertiary/aromatic N) is 2. The predicted molar refractivity (Wildman–Crippen MR) is 87.3 cm³/mol. The largest absolute Gasteiger partial charge is 0.472 e. The molecule has 1 aromatic heterocycles. The quantitative estimate of drug-likeness (QED) is 0.829. The topological polar surface area (TPSA) is 55.2 Å². The van der Waals surface area contributed by atoms with Crippen LogP contribution in [0.15, 0.2) is 23.0 Å². The van der Waals surface area contributed by atoms with Crippen molar-refractivity contribution in [3.8, 4) is 0 Å². The van der Waals surface area contributed by atoms with E-state index in [4.69, 9.17) is 13.9 Å². The molecule has 24 heavy (non-hydrogen) atoms. The summed E-state index contributed by atoms with van der Waals surface area (Å²) in [5.41, 5.74) is 1.22. The van der Waals surface area contributed by atoms with Gasteiger partial charge in [0.25, 0.3) is 0 Å². The first-order valence-corrected chi connectivity index (χ1v) is 8.96. The van der Waals surface area contributed by atoms with Gasteiger partial charge in [0, 0.05) is 44.7 Å². The monoisotopic (exact) mass is 334 g/mol. The van der Waals surface area contributed by atoms with Crippen LogP contribution in [0.5, 0.6) is 0 Å². The van der Waals surface area contributed by atoms with Crippen LogP contribution in [0.2, 0.25) is 0 Å². The van der Waals surface area contributed by atoms with Crippen LogP contribution in [0.25, 0.3) is 0 Å². The molecule has 3 saturated heterocycles. The van der Waals surface area contributed by atoms with E-state index in [0.717, 1.165) is 45.9 Å². The van der Waals surface area contributed by atoms with Gasteiger partial charge < -0.3 is 18.8 Å². The summed E-state index contributed by atoms with van der Waals surface area (Å²) in [5, 5.41) is 0. The number of rotatable bonds is 4. The number of ether oxygens (including phenoxy) is 2. The summed E-state index contributed by atoms with van der Waals surface area (Å²) in [5.74, 6) is 1.72. The number of carbonyl (C=O) groups excluding carboxylic acids is 1. The molecule has 0 aliphatic carbocycles. The van der Waals surface area contributed by atoms with E-state index in [2.05, 4.69) is 4.90 Å². The Morgan fingerprint density at radius 3 is 2.83 bits per heavy atom. The molecule has 1 aromatic rings. The lowest BCUT2D eigenvalue weighted by Crippen LogP contribution is -2.44. The molecule has 3 aliphatic heterocycles. The van der Waals surface area contributed by atoms with Crippen LogP contribution in [0.3, 0.4) is 0 Å². The third-order valence-electron chi connectivity index (χ3n) is 5.62. The maximum Gasteiger partial charge on any atom is 0.223 e. The Labute approximate surface area is 142 Å². The minimum Gasteiger partial charge on any atom is -0.472 e. The van der Waals surface area contributed by atoms with E-state index >= 15 is 0 Å². The molecule has 4 heterocycles.